The fourth-order valence-electron chi connectivity index (χ4n) is 0. The maximum Gasteiger partial charge on any atom is 2.00 e. The maximum atomic E-state index is 0. The second kappa shape index (κ2) is 86.6. The molecule has 4 heteroatoms. The van der Waals surface area contributed by atoms with Gasteiger partial charge in [-0.05, 0) is 0 Å². The van der Waals surface area contributed by atoms with Gasteiger partial charge in [0.15, 0.2) is 0 Å². The van der Waals surface area contributed by atoms with Crippen LogP contribution in [0.15, 0.2) is 0 Å². The number of rotatable bonds is 0. The van der Waals surface area contributed by atoms with Crippen molar-refractivity contribution >= 4 is 0 Å². The van der Waals surface area contributed by atoms with Gasteiger partial charge in [-0.1, -0.05) is 0 Å². The molecule has 0 saturated carbocycles. The molecule has 0 aromatic rings. The Hall–Kier alpha value is 0.503. The van der Waals surface area contributed by atoms with Crippen molar-refractivity contribution in [1.29, 1.82) is 0 Å². The summed E-state index contributed by atoms with van der Waals surface area (Å²) in [7, 11) is 0. The predicted octanol–water partition coefficient (Wildman–Crippen LogP) is -2.48. The predicted molar refractivity (Wildman–Crippen MR) is 10.8 cm³/mol. The van der Waals surface area contributed by atoms with Gasteiger partial charge < -0.3 is 16.4 Å². The molecule has 0 unspecified atom stereocenters. The molecular formula is H6O3Zn+2. The first-order valence-corrected chi connectivity index (χ1v) is 0. The van der Waals surface area contributed by atoms with E-state index in [4.69, 9.17) is 0 Å². The van der Waals surface area contributed by atoms with Gasteiger partial charge in [0, 0.05) is 0 Å². The molecule has 0 bridgehead atoms. The first kappa shape index (κ1) is 218. The van der Waals surface area contributed by atoms with E-state index in [1.807, 2.05) is 0 Å². The summed E-state index contributed by atoms with van der Waals surface area (Å²) >= 11 is 0. The van der Waals surface area contributed by atoms with Crippen molar-refractivity contribution in [3.63, 3.8) is 0 Å². The largest absolute Gasteiger partial charge is 2.00 e. The van der Waals surface area contributed by atoms with E-state index < -0.39 is 0 Å². The first-order chi connectivity index (χ1) is 0. The van der Waals surface area contributed by atoms with Crippen molar-refractivity contribution < 1.29 is 35.9 Å². The van der Waals surface area contributed by atoms with E-state index in [1.54, 1.807) is 0 Å². The van der Waals surface area contributed by atoms with Gasteiger partial charge in [-0.25, -0.2) is 0 Å². The molecule has 4 heavy (non-hydrogen) atoms. The van der Waals surface area contributed by atoms with Crippen LogP contribution >= 0.6 is 0 Å². The smallest absolute Gasteiger partial charge is 0.412 e. The van der Waals surface area contributed by atoms with Crippen molar-refractivity contribution in [2.24, 2.45) is 0 Å². The van der Waals surface area contributed by atoms with Crippen LogP contribution < -0.4 is 0 Å². The Kier molecular flexibility index (Phi) is 4730. The molecular weight excluding hydrogens is 113 g/mol. The van der Waals surface area contributed by atoms with Crippen molar-refractivity contribution in [1.82, 2.24) is 0 Å². The Labute approximate surface area is 36.7 Å². The Morgan fingerprint density at radius 3 is 0.500 bits per heavy atom. The molecule has 0 aromatic heterocycles. The van der Waals surface area contributed by atoms with E-state index in [-0.39, 0.29) is 35.9 Å². The molecule has 0 saturated heterocycles. The van der Waals surface area contributed by atoms with Gasteiger partial charge in [0.05, 0.1) is 0 Å². The van der Waals surface area contributed by atoms with Crippen LogP contribution in [0.4, 0.5) is 0 Å². The molecule has 0 atom stereocenters. The monoisotopic (exact) mass is 118 g/mol. The van der Waals surface area contributed by atoms with E-state index in [9.17, 15) is 0 Å². The zero-order chi connectivity index (χ0) is 0. The molecule has 3 nitrogen and oxygen atoms in total. The van der Waals surface area contributed by atoms with E-state index in [1.165, 1.54) is 0 Å². The molecule has 0 radical (unpaired) electrons. The minimum absolute atomic E-state index is 0. The molecule has 0 amide bonds. The Balaban J connectivity index is 0. The van der Waals surface area contributed by atoms with Crippen LogP contribution in [0, 0.1) is 0 Å². The third-order valence-electron chi connectivity index (χ3n) is 0. The van der Waals surface area contributed by atoms with Gasteiger partial charge in [0.2, 0.25) is 0 Å². The van der Waals surface area contributed by atoms with Crippen molar-refractivity contribution in [2.45, 2.75) is 0 Å². The van der Waals surface area contributed by atoms with Crippen LogP contribution in [-0.2, 0) is 19.5 Å². The zero-order valence-electron chi connectivity index (χ0n) is 2.21. The first-order valence-electron chi connectivity index (χ1n) is 0. The van der Waals surface area contributed by atoms with E-state index in [2.05, 4.69) is 0 Å². The molecule has 0 heterocycles. The van der Waals surface area contributed by atoms with Gasteiger partial charge >= 0.3 is 19.5 Å². The van der Waals surface area contributed by atoms with Crippen molar-refractivity contribution in [2.75, 3.05) is 0 Å². The molecule has 0 fully saturated rings. The minimum Gasteiger partial charge on any atom is -0.412 e. The van der Waals surface area contributed by atoms with Crippen LogP contribution in [-0.4, -0.2) is 16.4 Å². The van der Waals surface area contributed by atoms with Gasteiger partial charge in [0.1, 0.15) is 0 Å². The van der Waals surface area contributed by atoms with Crippen LogP contribution in [0.5, 0.6) is 0 Å². The van der Waals surface area contributed by atoms with Crippen LogP contribution in [0.25, 0.3) is 0 Å². The summed E-state index contributed by atoms with van der Waals surface area (Å²) in [5, 5.41) is 0. The summed E-state index contributed by atoms with van der Waals surface area (Å²) in [5.74, 6) is 0. The molecule has 0 aliphatic heterocycles. The summed E-state index contributed by atoms with van der Waals surface area (Å²) in [6.45, 7) is 0. The minimum atomic E-state index is 0. The third kappa shape index (κ3) is 22.3. The van der Waals surface area contributed by atoms with E-state index in [0.29, 0.717) is 0 Å². The number of hydrogen-bond acceptors (Lipinski definition) is 0. The Morgan fingerprint density at radius 2 is 0.500 bits per heavy atom. The maximum absolute atomic E-state index is 0. The molecule has 0 spiro atoms. The molecule has 0 aliphatic rings. The van der Waals surface area contributed by atoms with Crippen molar-refractivity contribution in [3.8, 4) is 0 Å². The van der Waals surface area contributed by atoms with E-state index in [0.717, 1.165) is 0 Å². The number of hydrogen-bond donors (Lipinski definition) is 0. The summed E-state index contributed by atoms with van der Waals surface area (Å²) in [4.78, 5) is 0. The zero-order valence-corrected chi connectivity index (χ0v) is 5.17. The van der Waals surface area contributed by atoms with Crippen molar-refractivity contribution in [3.05, 3.63) is 0 Å². The molecule has 6 N–H and O–H groups in total. The second-order valence-electron chi connectivity index (χ2n) is 0. The van der Waals surface area contributed by atoms with Gasteiger partial charge in [-0.15, -0.1) is 0 Å². The average molecular weight is 119 g/mol. The van der Waals surface area contributed by atoms with Gasteiger partial charge in [0.25, 0.3) is 0 Å². The molecule has 0 aliphatic carbocycles. The second-order valence-corrected chi connectivity index (χ2v) is 0. The molecule has 0 rings (SSSR count). The Morgan fingerprint density at radius 1 is 0.500 bits per heavy atom. The Bertz CT molecular complexity index is 3.25. The molecule has 24 valence electrons. The summed E-state index contributed by atoms with van der Waals surface area (Å²) in [6.07, 6.45) is 0. The van der Waals surface area contributed by atoms with Crippen LogP contribution in [0.1, 0.15) is 0 Å². The van der Waals surface area contributed by atoms with Gasteiger partial charge in [-0.2, -0.15) is 0 Å². The van der Waals surface area contributed by atoms with Crippen LogP contribution in [0.2, 0.25) is 0 Å². The summed E-state index contributed by atoms with van der Waals surface area (Å²) < 4.78 is 0. The third-order valence-corrected chi connectivity index (χ3v) is 0. The van der Waals surface area contributed by atoms with E-state index >= 15 is 0 Å². The molecule has 0 aromatic carbocycles. The fourth-order valence-corrected chi connectivity index (χ4v) is 0. The quantitative estimate of drug-likeness (QED) is 0.316. The normalized spacial score (nSPS) is 0. The van der Waals surface area contributed by atoms with Gasteiger partial charge in [-0.3, -0.25) is 0 Å². The fraction of sp³-hybridized carbons (Fsp3) is 0. The SMILES string of the molecule is O.O.O.[Zn+2]. The summed E-state index contributed by atoms with van der Waals surface area (Å²) in [5.41, 5.74) is 0. The van der Waals surface area contributed by atoms with Crippen LogP contribution in [0.3, 0.4) is 0 Å². The summed E-state index contributed by atoms with van der Waals surface area (Å²) in [6, 6.07) is 0. The standard InChI is InChI=1S/3H2O.Zn/h3*1H2;/q;;;+2. The average Bonchev–Trinajstić information content (AvgIpc) is 0. The topological polar surface area (TPSA) is 94.5 Å².